The van der Waals surface area contributed by atoms with Crippen LogP contribution < -0.4 is 5.32 Å². The molecular weight excluding hydrogens is 264 g/mol. The highest BCUT2D eigenvalue weighted by atomic mass is 16.2. The summed E-state index contributed by atoms with van der Waals surface area (Å²) in [6.07, 6.45) is 12.1. The van der Waals surface area contributed by atoms with E-state index in [9.17, 15) is 4.79 Å². The fourth-order valence-corrected chi connectivity index (χ4v) is 3.59. The van der Waals surface area contributed by atoms with Crippen molar-refractivity contribution in [1.82, 2.24) is 20.0 Å². The Morgan fingerprint density at radius 2 is 2.14 bits per heavy atom. The predicted octanol–water partition coefficient (Wildman–Crippen LogP) is 2.30. The van der Waals surface area contributed by atoms with Gasteiger partial charge in [0.1, 0.15) is 6.17 Å². The zero-order valence-corrected chi connectivity index (χ0v) is 12.9. The lowest BCUT2D eigenvalue weighted by atomic mass is 9.87. The summed E-state index contributed by atoms with van der Waals surface area (Å²) in [5.41, 5.74) is 1.10. The molecule has 1 atom stereocenters. The van der Waals surface area contributed by atoms with Crippen molar-refractivity contribution in [3.05, 3.63) is 18.0 Å². The zero-order valence-electron chi connectivity index (χ0n) is 12.9. The molecular formula is C16H26N4O. The maximum atomic E-state index is 11.8. The Morgan fingerprint density at radius 3 is 2.86 bits per heavy atom. The van der Waals surface area contributed by atoms with Crippen LogP contribution in [0, 0.1) is 5.92 Å². The van der Waals surface area contributed by atoms with Gasteiger partial charge >= 0.3 is 0 Å². The van der Waals surface area contributed by atoms with Crippen molar-refractivity contribution in [3.8, 4) is 0 Å². The lowest BCUT2D eigenvalue weighted by Gasteiger charge is -2.26. The number of amides is 1. The molecule has 1 unspecified atom stereocenters. The molecule has 0 bridgehead atoms. The number of hydrogen-bond donors (Lipinski definition) is 1. The van der Waals surface area contributed by atoms with Crippen molar-refractivity contribution in [3.63, 3.8) is 0 Å². The molecule has 1 amide bonds. The molecule has 2 aliphatic rings. The van der Waals surface area contributed by atoms with Gasteiger partial charge in [-0.15, -0.1) is 0 Å². The molecule has 0 aromatic carbocycles. The summed E-state index contributed by atoms with van der Waals surface area (Å²) < 4.78 is 1.92. The molecule has 116 valence electrons. The van der Waals surface area contributed by atoms with Crippen molar-refractivity contribution < 1.29 is 4.79 Å². The van der Waals surface area contributed by atoms with Gasteiger partial charge in [-0.2, -0.15) is 5.10 Å². The topological polar surface area (TPSA) is 50.2 Å². The van der Waals surface area contributed by atoms with Crippen LogP contribution in [0.15, 0.2) is 12.4 Å². The van der Waals surface area contributed by atoms with Crippen LogP contribution in [0.25, 0.3) is 0 Å². The SMILES string of the molecule is CCn1cc(C2NC(=O)CN2CCC2CCCCC2)cn1. The first-order chi connectivity index (χ1) is 10.3. The summed E-state index contributed by atoms with van der Waals surface area (Å²) in [5, 5.41) is 7.41. The summed E-state index contributed by atoms with van der Waals surface area (Å²) in [7, 11) is 0. The molecule has 5 nitrogen and oxygen atoms in total. The summed E-state index contributed by atoms with van der Waals surface area (Å²) in [6, 6.07) is 0. The lowest BCUT2D eigenvalue weighted by molar-refractivity contribution is -0.118. The van der Waals surface area contributed by atoms with Crippen molar-refractivity contribution in [1.29, 1.82) is 0 Å². The monoisotopic (exact) mass is 290 g/mol. The van der Waals surface area contributed by atoms with E-state index in [1.54, 1.807) is 0 Å². The average molecular weight is 290 g/mol. The van der Waals surface area contributed by atoms with Gasteiger partial charge in [-0.3, -0.25) is 14.4 Å². The highest BCUT2D eigenvalue weighted by molar-refractivity contribution is 5.80. The van der Waals surface area contributed by atoms with Crippen LogP contribution in [0.1, 0.15) is 57.2 Å². The standard InChI is InChI=1S/C16H26N4O/c1-2-20-11-14(10-17-20)16-18-15(21)12-19(16)9-8-13-6-4-3-5-7-13/h10-11,13,16H,2-9,12H2,1H3,(H,18,21). The second kappa shape index (κ2) is 6.60. The maximum absolute atomic E-state index is 11.8. The van der Waals surface area contributed by atoms with Gasteiger partial charge in [0.25, 0.3) is 0 Å². The van der Waals surface area contributed by atoms with E-state index in [0.29, 0.717) is 6.54 Å². The molecule has 1 saturated heterocycles. The van der Waals surface area contributed by atoms with E-state index in [1.807, 2.05) is 17.1 Å². The molecule has 1 aliphatic heterocycles. The van der Waals surface area contributed by atoms with E-state index in [1.165, 1.54) is 38.5 Å². The highest BCUT2D eigenvalue weighted by Crippen LogP contribution is 2.28. The first kappa shape index (κ1) is 14.6. The number of aromatic nitrogens is 2. The Kier molecular flexibility index (Phi) is 4.58. The largest absolute Gasteiger partial charge is 0.335 e. The van der Waals surface area contributed by atoms with E-state index in [0.717, 1.165) is 24.6 Å². The molecule has 21 heavy (non-hydrogen) atoms. The number of aryl methyl sites for hydroxylation is 1. The third-order valence-corrected chi connectivity index (χ3v) is 4.85. The van der Waals surface area contributed by atoms with Crippen LogP contribution in [-0.4, -0.2) is 33.7 Å². The van der Waals surface area contributed by atoms with Crippen LogP contribution >= 0.6 is 0 Å². The minimum atomic E-state index is 0.0152. The van der Waals surface area contributed by atoms with E-state index < -0.39 is 0 Å². The van der Waals surface area contributed by atoms with Crippen LogP contribution in [0.5, 0.6) is 0 Å². The van der Waals surface area contributed by atoms with Gasteiger partial charge in [-0.1, -0.05) is 32.1 Å². The van der Waals surface area contributed by atoms with Gasteiger partial charge in [0.05, 0.1) is 12.7 Å². The number of hydrogen-bond acceptors (Lipinski definition) is 3. The number of nitrogens with zero attached hydrogens (tertiary/aromatic N) is 3. The number of nitrogens with one attached hydrogen (secondary N) is 1. The van der Waals surface area contributed by atoms with Gasteiger partial charge < -0.3 is 5.32 Å². The summed E-state index contributed by atoms with van der Waals surface area (Å²) in [4.78, 5) is 14.1. The number of carbonyl (C=O) groups is 1. The fourth-order valence-electron chi connectivity index (χ4n) is 3.59. The molecule has 0 radical (unpaired) electrons. The smallest absolute Gasteiger partial charge is 0.235 e. The molecule has 2 fully saturated rings. The number of carbonyl (C=O) groups excluding carboxylic acids is 1. The molecule has 1 aromatic rings. The summed E-state index contributed by atoms with van der Waals surface area (Å²) >= 11 is 0. The molecule has 5 heteroatoms. The molecule has 3 rings (SSSR count). The van der Waals surface area contributed by atoms with Crippen molar-refractivity contribution in [2.24, 2.45) is 5.92 Å². The van der Waals surface area contributed by atoms with Gasteiger partial charge in [0, 0.05) is 24.8 Å². The van der Waals surface area contributed by atoms with Gasteiger partial charge in [-0.05, 0) is 19.3 Å². The highest BCUT2D eigenvalue weighted by Gasteiger charge is 2.31. The predicted molar refractivity (Wildman–Crippen MR) is 81.5 cm³/mol. The molecule has 2 heterocycles. The minimum absolute atomic E-state index is 0.0152. The van der Waals surface area contributed by atoms with E-state index in [2.05, 4.69) is 22.2 Å². The number of rotatable bonds is 5. The molecule has 1 saturated carbocycles. The van der Waals surface area contributed by atoms with E-state index in [4.69, 9.17) is 0 Å². The van der Waals surface area contributed by atoms with Crippen LogP contribution in [0.3, 0.4) is 0 Å². The van der Waals surface area contributed by atoms with Crippen LogP contribution in [-0.2, 0) is 11.3 Å². The fraction of sp³-hybridized carbons (Fsp3) is 0.750. The maximum Gasteiger partial charge on any atom is 0.235 e. The normalized spacial score (nSPS) is 24.4. The van der Waals surface area contributed by atoms with Crippen molar-refractivity contribution in [2.75, 3.05) is 13.1 Å². The van der Waals surface area contributed by atoms with Gasteiger partial charge in [0.15, 0.2) is 0 Å². The summed E-state index contributed by atoms with van der Waals surface area (Å²) in [6.45, 7) is 4.47. The molecule has 1 aliphatic carbocycles. The Labute approximate surface area is 126 Å². The minimum Gasteiger partial charge on any atom is -0.335 e. The van der Waals surface area contributed by atoms with Crippen LogP contribution in [0.4, 0.5) is 0 Å². The van der Waals surface area contributed by atoms with E-state index >= 15 is 0 Å². The Bertz CT molecular complexity index is 478. The Balaban J connectivity index is 1.60. The van der Waals surface area contributed by atoms with Crippen molar-refractivity contribution >= 4 is 5.91 Å². The van der Waals surface area contributed by atoms with Gasteiger partial charge in [0.2, 0.25) is 5.91 Å². The molecule has 1 N–H and O–H groups in total. The first-order valence-electron chi connectivity index (χ1n) is 8.32. The molecule has 1 aromatic heterocycles. The van der Waals surface area contributed by atoms with Crippen molar-refractivity contribution in [2.45, 2.75) is 58.2 Å². The second-order valence-electron chi connectivity index (χ2n) is 6.36. The second-order valence-corrected chi connectivity index (χ2v) is 6.36. The first-order valence-corrected chi connectivity index (χ1v) is 8.32. The zero-order chi connectivity index (χ0) is 14.7. The Hall–Kier alpha value is -1.36. The summed E-state index contributed by atoms with van der Waals surface area (Å²) in [5.74, 6) is 0.987. The quantitative estimate of drug-likeness (QED) is 0.905. The third kappa shape index (κ3) is 3.46. The van der Waals surface area contributed by atoms with E-state index in [-0.39, 0.29) is 12.1 Å². The van der Waals surface area contributed by atoms with Crippen LogP contribution in [0.2, 0.25) is 0 Å². The molecule has 0 spiro atoms. The lowest BCUT2D eigenvalue weighted by Crippen LogP contribution is -2.29. The average Bonchev–Trinajstić information content (AvgIpc) is 3.12. The van der Waals surface area contributed by atoms with Gasteiger partial charge in [-0.25, -0.2) is 0 Å². The third-order valence-electron chi connectivity index (χ3n) is 4.85. The Morgan fingerprint density at radius 1 is 1.33 bits per heavy atom.